The summed E-state index contributed by atoms with van der Waals surface area (Å²) in [6.45, 7) is 1.81. The first-order valence-corrected chi connectivity index (χ1v) is 8.65. The monoisotopic (exact) mass is 346 g/mol. The van der Waals surface area contributed by atoms with Crippen molar-refractivity contribution in [3.63, 3.8) is 0 Å². The number of hydrogen-bond acceptors (Lipinski definition) is 5. The van der Waals surface area contributed by atoms with E-state index >= 15 is 0 Å². The molecule has 0 aliphatic carbocycles. The first-order chi connectivity index (χ1) is 11.6. The Labute approximate surface area is 143 Å². The number of carbonyl (C=O) groups is 2. The normalized spacial score (nSPS) is 26.0. The number of nitrogens with zero attached hydrogens (tertiary/aromatic N) is 2. The highest BCUT2D eigenvalue weighted by Gasteiger charge is 2.57. The van der Waals surface area contributed by atoms with Gasteiger partial charge in [-0.3, -0.25) is 14.7 Å². The molecule has 1 aromatic heterocycles. The molecule has 1 saturated heterocycles. The fourth-order valence-electron chi connectivity index (χ4n) is 3.26. The molecule has 3 atom stereocenters. The predicted molar refractivity (Wildman–Crippen MR) is 89.7 cm³/mol. The molecule has 2 aliphatic rings. The molecule has 1 aromatic rings. The zero-order valence-corrected chi connectivity index (χ0v) is 13.9. The number of thioether (sulfide) groups is 1. The number of pyridine rings is 1. The maximum Gasteiger partial charge on any atom is 0.353 e. The average molecular weight is 346 g/mol. The number of carboxylic acids is 1. The molecule has 24 heavy (non-hydrogen) atoms. The molecule has 126 valence electrons. The standard InChI is InChI=1S/C17H18N2O4S/c1-10-13-12(6-4-8-20)16(21)19(13)14(17(22)23)15(10)24-9-11-5-2-3-7-18-11/h2-7,10,12-13,20H,8-9H2,1H3,(H,22,23)/b6-4+/t10-,12-,13?/m1/s1. The van der Waals surface area contributed by atoms with Crippen molar-refractivity contribution in [3.05, 3.63) is 52.8 Å². The van der Waals surface area contributed by atoms with Gasteiger partial charge in [-0.15, -0.1) is 11.8 Å². The van der Waals surface area contributed by atoms with Gasteiger partial charge in [0.2, 0.25) is 5.91 Å². The van der Waals surface area contributed by atoms with E-state index in [1.165, 1.54) is 22.7 Å². The van der Waals surface area contributed by atoms with Crippen LogP contribution in [0.5, 0.6) is 0 Å². The number of hydrogen-bond donors (Lipinski definition) is 2. The van der Waals surface area contributed by atoms with Gasteiger partial charge in [0.05, 0.1) is 24.3 Å². The molecule has 1 fully saturated rings. The van der Waals surface area contributed by atoms with Crippen LogP contribution in [0.15, 0.2) is 47.2 Å². The van der Waals surface area contributed by atoms with Crippen LogP contribution in [-0.4, -0.2) is 44.6 Å². The Balaban J connectivity index is 1.83. The minimum Gasteiger partial charge on any atom is -0.477 e. The summed E-state index contributed by atoms with van der Waals surface area (Å²) in [6.07, 6.45) is 4.91. The Morgan fingerprint density at radius 3 is 2.88 bits per heavy atom. The van der Waals surface area contributed by atoms with Gasteiger partial charge in [-0.25, -0.2) is 4.79 Å². The fourth-order valence-corrected chi connectivity index (χ4v) is 4.46. The van der Waals surface area contributed by atoms with E-state index in [1.54, 1.807) is 12.3 Å². The van der Waals surface area contributed by atoms with Crippen LogP contribution in [0.2, 0.25) is 0 Å². The number of fused-ring (bicyclic) bond motifs is 1. The second-order valence-electron chi connectivity index (χ2n) is 5.75. The third-order valence-corrected chi connectivity index (χ3v) is 5.66. The summed E-state index contributed by atoms with van der Waals surface area (Å²) in [6, 6.07) is 5.43. The molecule has 1 unspecified atom stereocenters. The van der Waals surface area contributed by atoms with E-state index in [9.17, 15) is 14.7 Å². The van der Waals surface area contributed by atoms with Crippen LogP contribution in [0.25, 0.3) is 0 Å². The van der Waals surface area contributed by atoms with Crippen molar-refractivity contribution < 1.29 is 19.8 Å². The molecular formula is C17H18N2O4S. The van der Waals surface area contributed by atoms with Gasteiger partial charge >= 0.3 is 5.97 Å². The third-order valence-electron chi connectivity index (χ3n) is 4.34. The van der Waals surface area contributed by atoms with E-state index < -0.39 is 5.97 Å². The number of aromatic nitrogens is 1. The van der Waals surface area contributed by atoms with E-state index in [4.69, 9.17) is 5.11 Å². The van der Waals surface area contributed by atoms with E-state index in [0.717, 1.165) is 5.69 Å². The van der Waals surface area contributed by atoms with Crippen LogP contribution >= 0.6 is 11.8 Å². The Morgan fingerprint density at radius 2 is 2.25 bits per heavy atom. The molecule has 0 saturated carbocycles. The lowest BCUT2D eigenvalue weighted by molar-refractivity contribution is -0.153. The molecule has 2 N–H and O–H groups in total. The van der Waals surface area contributed by atoms with Gasteiger partial charge in [0.1, 0.15) is 5.70 Å². The summed E-state index contributed by atoms with van der Waals surface area (Å²) < 4.78 is 0. The summed E-state index contributed by atoms with van der Waals surface area (Å²) in [4.78, 5) is 30.3. The molecular weight excluding hydrogens is 328 g/mol. The quantitative estimate of drug-likeness (QED) is 0.601. The maximum absolute atomic E-state index is 12.3. The number of carboxylic acid groups (broad SMARTS) is 1. The van der Waals surface area contributed by atoms with Crippen molar-refractivity contribution in [2.45, 2.75) is 18.7 Å². The lowest BCUT2D eigenvalue weighted by Gasteiger charge is -2.43. The Bertz CT molecular complexity index is 717. The summed E-state index contributed by atoms with van der Waals surface area (Å²) in [7, 11) is 0. The van der Waals surface area contributed by atoms with Gasteiger partial charge in [0.15, 0.2) is 0 Å². The molecule has 0 radical (unpaired) electrons. The number of amides is 1. The molecule has 2 aliphatic heterocycles. The average Bonchev–Trinajstić information content (AvgIpc) is 2.84. The number of aliphatic hydroxyl groups excluding tert-OH is 1. The molecule has 3 rings (SSSR count). The Hall–Kier alpha value is -2.12. The molecule has 0 spiro atoms. The first-order valence-electron chi connectivity index (χ1n) is 7.67. The fraction of sp³-hybridized carbons (Fsp3) is 0.353. The number of carbonyl (C=O) groups excluding carboxylic acids is 1. The molecule has 7 heteroatoms. The zero-order valence-electron chi connectivity index (χ0n) is 13.1. The van der Waals surface area contributed by atoms with E-state index in [0.29, 0.717) is 10.7 Å². The van der Waals surface area contributed by atoms with Crippen molar-refractivity contribution in [1.29, 1.82) is 0 Å². The van der Waals surface area contributed by atoms with Crippen molar-refractivity contribution in [2.75, 3.05) is 6.61 Å². The molecule has 3 heterocycles. The summed E-state index contributed by atoms with van der Waals surface area (Å²) in [5, 5.41) is 18.5. The number of rotatable bonds is 6. The number of β-lactam (4-membered cyclic amide) rings is 1. The van der Waals surface area contributed by atoms with Crippen LogP contribution in [-0.2, 0) is 15.3 Å². The van der Waals surface area contributed by atoms with Crippen LogP contribution in [0.3, 0.4) is 0 Å². The van der Waals surface area contributed by atoms with Gasteiger partial charge in [-0.05, 0) is 12.1 Å². The van der Waals surface area contributed by atoms with Gasteiger partial charge < -0.3 is 10.2 Å². The maximum atomic E-state index is 12.3. The highest BCUT2D eigenvalue weighted by Crippen LogP contribution is 2.50. The minimum atomic E-state index is -1.08. The lowest BCUT2D eigenvalue weighted by atomic mass is 9.82. The van der Waals surface area contributed by atoms with Gasteiger partial charge in [-0.2, -0.15) is 0 Å². The zero-order chi connectivity index (χ0) is 17.3. The SMILES string of the molecule is C[C@H]1C(SCc2ccccn2)=C(C(=O)O)N2C(=O)[C@H](/C=C/CO)C12. The topological polar surface area (TPSA) is 90.7 Å². The Morgan fingerprint density at radius 1 is 1.46 bits per heavy atom. The van der Waals surface area contributed by atoms with Crippen molar-refractivity contribution >= 4 is 23.6 Å². The van der Waals surface area contributed by atoms with Crippen molar-refractivity contribution in [1.82, 2.24) is 9.88 Å². The highest BCUT2D eigenvalue weighted by atomic mass is 32.2. The molecule has 0 bridgehead atoms. The van der Waals surface area contributed by atoms with Crippen LogP contribution in [0.1, 0.15) is 12.6 Å². The summed E-state index contributed by atoms with van der Waals surface area (Å²) >= 11 is 1.43. The molecule has 0 aromatic carbocycles. The molecule has 1 amide bonds. The lowest BCUT2D eigenvalue weighted by Crippen LogP contribution is -2.59. The summed E-state index contributed by atoms with van der Waals surface area (Å²) in [5.41, 5.74) is 0.955. The van der Waals surface area contributed by atoms with E-state index in [-0.39, 0.29) is 36.1 Å². The third kappa shape index (κ3) is 2.74. The smallest absolute Gasteiger partial charge is 0.353 e. The second kappa shape index (κ2) is 6.78. The van der Waals surface area contributed by atoms with E-state index in [1.807, 2.05) is 25.1 Å². The second-order valence-corrected chi connectivity index (χ2v) is 6.77. The van der Waals surface area contributed by atoms with Crippen molar-refractivity contribution in [3.8, 4) is 0 Å². The van der Waals surface area contributed by atoms with Crippen LogP contribution in [0.4, 0.5) is 0 Å². The van der Waals surface area contributed by atoms with Gasteiger partial charge in [-0.1, -0.05) is 25.1 Å². The number of aliphatic carboxylic acids is 1. The highest BCUT2D eigenvalue weighted by molar-refractivity contribution is 8.02. The summed E-state index contributed by atoms with van der Waals surface area (Å²) in [5.74, 6) is -1.16. The predicted octanol–water partition coefficient (Wildman–Crippen LogP) is 1.64. The van der Waals surface area contributed by atoms with Crippen LogP contribution < -0.4 is 0 Å². The Kier molecular flexibility index (Phi) is 4.73. The molecule has 6 nitrogen and oxygen atoms in total. The largest absolute Gasteiger partial charge is 0.477 e. The van der Waals surface area contributed by atoms with Crippen LogP contribution in [0, 0.1) is 11.8 Å². The van der Waals surface area contributed by atoms with E-state index in [2.05, 4.69) is 4.98 Å². The first kappa shape index (κ1) is 16.7. The minimum absolute atomic E-state index is 0.0594. The number of aliphatic hydroxyl groups is 1. The van der Waals surface area contributed by atoms with Crippen molar-refractivity contribution in [2.24, 2.45) is 11.8 Å². The van der Waals surface area contributed by atoms with Gasteiger partial charge in [0.25, 0.3) is 0 Å². The van der Waals surface area contributed by atoms with Gasteiger partial charge in [0, 0.05) is 22.8 Å².